The van der Waals surface area contributed by atoms with E-state index in [2.05, 4.69) is 5.32 Å². The third-order valence-electron chi connectivity index (χ3n) is 3.70. The molecule has 126 valence electrons. The fourth-order valence-corrected chi connectivity index (χ4v) is 2.42. The quantitative estimate of drug-likeness (QED) is 0.658. The lowest BCUT2D eigenvalue weighted by molar-refractivity contribution is -0.137. The summed E-state index contributed by atoms with van der Waals surface area (Å²) in [7, 11) is 0. The van der Waals surface area contributed by atoms with E-state index >= 15 is 0 Å². The van der Waals surface area contributed by atoms with Crippen molar-refractivity contribution < 1.29 is 18.0 Å². The smallest absolute Gasteiger partial charge is 0.322 e. The van der Waals surface area contributed by atoms with Gasteiger partial charge in [-0.2, -0.15) is 13.2 Å². The number of benzene rings is 3. The van der Waals surface area contributed by atoms with Crippen LogP contribution >= 0.6 is 0 Å². The topological polar surface area (TPSA) is 29.1 Å². The summed E-state index contributed by atoms with van der Waals surface area (Å²) in [6, 6.07) is 21.2. The van der Waals surface area contributed by atoms with Gasteiger partial charge in [-0.3, -0.25) is 4.79 Å². The van der Waals surface area contributed by atoms with E-state index in [4.69, 9.17) is 0 Å². The highest BCUT2D eigenvalue weighted by Crippen LogP contribution is 2.29. The molecule has 0 bridgehead atoms. The Morgan fingerprint density at radius 3 is 2.04 bits per heavy atom. The average molecular weight is 341 g/mol. The first-order valence-corrected chi connectivity index (χ1v) is 7.57. The third-order valence-corrected chi connectivity index (χ3v) is 3.70. The van der Waals surface area contributed by atoms with E-state index in [0.29, 0.717) is 5.69 Å². The highest BCUT2D eigenvalue weighted by molar-refractivity contribution is 6.04. The van der Waals surface area contributed by atoms with Gasteiger partial charge < -0.3 is 5.32 Å². The third kappa shape index (κ3) is 4.07. The molecule has 0 unspecified atom stereocenters. The standard InChI is InChI=1S/C20H14F3NO/c21-20(22,23)17-8-4-7-16(13-17)19(25)24-18-11-9-15(10-12-18)14-5-2-1-3-6-14/h1-13H,(H,24,25). The summed E-state index contributed by atoms with van der Waals surface area (Å²) in [4.78, 5) is 12.2. The van der Waals surface area contributed by atoms with E-state index in [9.17, 15) is 18.0 Å². The van der Waals surface area contributed by atoms with Gasteiger partial charge in [-0.25, -0.2) is 0 Å². The van der Waals surface area contributed by atoms with Crippen LogP contribution in [0.4, 0.5) is 18.9 Å². The van der Waals surface area contributed by atoms with E-state index in [1.165, 1.54) is 12.1 Å². The number of hydrogen-bond acceptors (Lipinski definition) is 1. The van der Waals surface area contributed by atoms with E-state index < -0.39 is 17.6 Å². The van der Waals surface area contributed by atoms with Crippen LogP contribution in [-0.2, 0) is 6.18 Å². The van der Waals surface area contributed by atoms with Crippen molar-refractivity contribution in [3.63, 3.8) is 0 Å². The van der Waals surface area contributed by atoms with Gasteiger partial charge in [-0.1, -0.05) is 48.5 Å². The van der Waals surface area contributed by atoms with Crippen molar-refractivity contribution in [3.8, 4) is 11.1 Å². The molecule has 0 aromatic heterocycles. The SMILES string of the molecule is O=C(Nc1ccc(-c2ccccc2)cc1)c1cccc(C(F)(F)F)c1. The van der Waals surface area contributed by atoms with Gasteiger partial charge in [0.25, 0.3) is 5.91 Å². The van der Waals surface area contributed by atoms with Crippen molar-refractivity contribution in [1.82, 2.24) is 0 Å². The fraction of sp³-hybridized carbons (Fsp3) is 0.0500. The van der Waals surface area contributed by atoms with Gasteiger partial charge in [0, 0.05) is 11.3 Å². The highest BCUT2D eigenvalue weighted by atomic mass is 19.4. The van der Waals surface area contributed by atoms with Crippen LogP contribution in [0.5, 0.6) is 0 Å². The Morgan fingerprint density at radius 1 is 0.760 bits per heavy atom. The number of amides is 1. The van der Waals surface area contributed by atoms with Gasteiger partial charge >= 0.3 is 6.18 Å². The number of anilines is 1. The summed E-state index contributed by atoms with van der Waals surface area (Å²) < 4.78 is 38.2. The molecule has 0 saturated carbocycles. The molecular formula is C20H14F3NO. The van der Waals surface area contributed by atoms with Gasteiger partial charge in [-0.15, -0.1) is 0 Å². The van der Waals surface area contributed by atoms with E-state index in [-0.39, 0.29) is 5.56 Å². The number of carbonyl (C=O) groups is 1. The molecule has 0 atom stereocenters. The highest BCUT2D eigenvalue weighted by Gasteiger charge is 2.30. The van der Waals surface area contributed by atoms with Gasteiger partial charge in [0.05, 0.1) is 5.56 Å². The average Bonchev–Trinajstić information content (AvgIpc) is 2.62. The van der Waals surface area contributed by atoms with Crippen molar-refractivity contribution in [2.45, 2.75) is 6.18 Å². The molecule has 0 radical (unpaired) electrons. The van der Waals surface area contributed by atoms with Gasteiger partial charge in [0.15, 0.2) is 0 Å². The number of halogens is 3. The maximum absolute atomic E-state index is 12.7. The lowest BCUT2D eigenvalue weighted by atomic mass is 10.1. The summed E-state index contributed by atoms with van der Waals surface area (Å²) in [6.07, 6.45) is -4.48. The molecule has 3 rings (SSSR count). The maximum Gasteiger partial charge on any atom is 0.416 e. The van der Waals surface area contributed by atoms with Crippen LogP contribution < -0.4 is 5.32 Å². The van der Waals surface area contributed by atoms with Crippen LogP contribution in [0.25, 0.3) is 11.1 Å². The number of carbonyl (C=O) groups excluding carboxylic acids is 1. The lowest BCUT2D eigenvalue weighted by Crippen LogP contribution is -2.13. The monoisotopic (exact) mass is 341 g/mol. The number of rotatable bonds is 3. The van der Waals surface area contributed by atoms with Gasteiger partial charge in [0.2, 0.25) is 0 Å². The minimum atomic E-state index is -4.48. The van der Waals surface area contributed by atoms with Gasteiger partial charge in [0.1, 0.15) is 0 Å². The molecule has 0 aliphatic carbocycles. The second-order valence-electron chi connectivity index (χ2n) is 5.48. The minimum absolute atomic E-state index is 0.0399. The van der Waals surface area contributed by atoms with Crippen LogP contribution in [0.15, 0.2) is 78.9 Å². The number of alkyl halides is 3. The number of hydrogen-bond donors (Lipinski definition) is 1. The molecule has 1 amide bonds. The van der Waals surface area contributed by atoms with Crippen molar-refractivity contribution in [2.24, 2.45) is 0 Å². The summed E-state index contributed by atoms with van der Waals surface area (Å²) in [5, 5.41) is 2.61. The molecule has 3 aromatic rings. The van der Waals surface area contributed by atoms with Crippen molar-refractivity contribution in [1.29, 1.82) is 0 Å². The zero-order chi connectivity index (χ0) is 17.9. The maximum atomic E-state index is 12.7. The molecule has 2 nitrogen and oxygen atoms in total. The first-order valence-electron chi connectivity index (χ1n) is 7.57. The van der Waals surface area contributed by atoms with Crippen LogP contribution in [0.3, 0.4) is 0 Å². The van der Waals surface area contributed by atoms with Crippen LogP contribution in [0, 0.1) is 0 Å². The van der Waals surface area contributed by atoms with Crippen molar-refractivity contribution in [2.75, 3.05) is 5.32 Å². The lowest BCUT2D eigenvalue weighted by Gasteiger charge is -2.10. The van der Waals surface area contributed by atoms with Crippen LogP contribution in [-0.4, -0.2) is 5.91 Å². The molecule has 0 spiro atoms. The molecule has 1 N–H and O–H groups in total. The first-order chi connectivity index (χ1) is 11.9. The second-order valence-corrected chi connectivity index (χ2v) is 5.48. The zero-order valence-electron chi connectivity index (χ0n) is 13.0. The van der Waals surface area contributed by atoms with Gasteiger partial charge in [-0.05, 0) is 41.5 Å². The summed E-state index contributed by atoms with van der Waals surface area (Å²) in [5.41, 5.74) is 1.65. The van der Waals surface area contributed by atoms with Crippen molar-refractivity contribution in [3.05, 3.63) is 90.0 Å². The predicted octanol–water partition coefficient (Wildman–Crippen LogP) is 5.62. The zero-order valence-corrected chi connectivity index (χ0v) is 13.0. The van der Waals surface area contributed by atoms with Crippen molar-refractivity contribution >= 4 is 11.6 Å². The predicted molar refractivity (Wildman–Crippen MR) is 91.3 cm³/mol. The Hall–Kier alpha value is -3.08. The molecule has 3 aromatic carbocycles. The molecule has 25 heavy (non-hydrogen) atoms. The summed E-state index contributed by atoms with van der Waals surface area (Å²) in [5.74, 6) is -0.585. The first kappa shape index (κ1) is 16.8. The van der Waals surface area contributed by atoms with E-state index in [0.717, 1.165) is 23.3 Å². The van der Waals surface area contributed by atoms with E-state index in [1.54, 1.807) is 12.1 Å². The Labute approximate surface area is 142 Å². The molecule has 5 heteroatoms. The Morgan fingerprint density at radius 2 is 1.40 bits per heavy atom. The Kier molecular flexibility index (Phi) is 4.57. The number of nitrogens with one attached hydrogen (secondary N) is 1. The fourth-order valence-electron chi connectivity index (χ4n) is 2.42. The van der Waals surface area contributed by atoms with E-state index in [1.807, 2.05) is 42.5 Å². The Balaban J connectivity index is 1.75. The van der Waals surface area contributed by atoms with Crippen LogP contribution in [0.2, 0.25) is 0 Å². The normalized spacial score (nSPS) is 11.2. The van der Waals surface area contributed by atoms with Crippen LogP contribution in [0.1, 0.15) is 15.9 Å². The molecule has 0 aliphatic rings. The summed E-state index contributed by atoms with van der Waals surface area (Å²) in [6.45, 7) is 0. The second kappa shape index (κ2) is 6.81. The molecule has 0 fully saturated rings. The minimum Gasteiger partial charge on any atom is -0.322 e. The largest absolute Gasteiger partial charge is 0.416 e. The molecule has 0 saturated heterocycles. The molecular weight excluding hydrogens is 327 g/mol. The summed E-state index contributed by atoms with van der Waals surface area (Å²) >= 11 is 0. The Bertz CT molecular complexity index is 871. The molecule has 0 aliphatic heterocycles. The molecule has 0 heterocycles.